The predicted molar refractivity (Wildman–Crippen MR) is 349 cm³/mol. The average Bonchev–Trinajstić information content (AvgIpc) is 3.46. The first-order valence-corrected chi connectivity index (χ1v) is 35.6. The topological polar surface area (TPSA) is 78.9 Å². The minimum atomic E-state index is -0.775. The maximum atomic E-state index is 12.9. The van der Waals surface area contributed by atoms with Gasteiger partial charge in [0.25, 0.3) is 0 Å². The summed E-state index contributed by atoms with van der Waals surface area (Å²) >= 11 is 0. The first-order valence-electron chi connectivity index (χ1n) is 35.6. The first kappa shape index (κ1) is 77.4. The Labute approximate surface area is 498 Å². The SMILES string of the molecule is CCCCCC/C=C\CCCCCCCC(=O)OCC(COC(=O)CCCCCCCCCCCCCCCC/C=C\C/C=C\C/C=C\CCCCCCC)OC(=O)CCCCCCCCCCCCCCCCCCCCCC. The Morgan fingerprint density at radius 2 is 0.450 bits per heavy atom. The van der Waals surface area contributed by atoms with Gasteiger partial charge < -0.3 is 14.2 Å². The van der Waals surface area contributed by atoms with Crippen molar-refractivity contribution in [3.8, 4) is 0 Å². The van der Waals surface area contributed by atoms with Crippen molar-refractivity contribution in [2.75, 3.05) is 13.2 Å². The zero-order valence-corrected chi connectivity index (χ0v) is 53.9. The van der Waals surface area contributed by atoms with Crippen LogP contribution in [0.4, 0.5) is 0 Å². The molecule has 1 atom stereocenters. The first-order chi connectivity index (χ1) is 39.5. The number of ether oxygens (including phenoxy) is 3. The Morgan fingerprint density at radius 1 is 0.250 bits per heavy atom. The summed E-state index contributed by atoms with van der Waals surface area (Å²) in [6.07, 6.45) is 87.1. The summed E-state index contributed by atoms with van der Waals surface area (Å²) in [7, 11) is 0. The normalized spacial score (nSPS) is 12.3. The maximum Gasteiger partial charge on any atom is 0.306 e. The molecular formula is C74H136O6. The van der Waals surface area contributed by atoms with Gasteiger partial charge in [0.15, 0.2) is 6.10 Å². The molecule has 0 bridgehead atoms. The molecule has 0 rings (SSSR count). The quantitative estimate of drug-likeness (QED) is 0.0261. The summed E-state index contributed by atoms with van der Waals surface area (Å²) < 4.78 is 17.0. The molecule has 6 nitrogen and oxygen atoms in total. The van der Waals surface area contributed by atoms with Gasteiger partial charge in [0, 0.05) is 19.3 Å². The molecule has 0 heterocycles. The Bertz CT molecular complexity index is 1380. The third kappa shape index (κ3) is 66.2. The molecule has 468 valence electrons. The summed E-state index contributed by atoms with van der Waals surface area (Å²) in [5.74, 6) is -0.854. The number of hydrogen-bond donors (Lipinski definition) is 0. The van der Waals surface area contributed by atoms with E-state index in [0.29, 0.717) is 19.3 Å². The Morgan fingerprint density at radius 3 is 0.725 bits per heavy atom. The van der Waals surface area contributed by atoms with Gasteiger partial charge in [-0.1, -0.05) is 333 Å². The van der Waals surface area contributed by atoms with Crippen molar-refractivity contribution in [1.29, 1.82) is 0 Å². The van der Waals surface area contributed by atoms with Crippen molar-refractivity contribution in [3.63, 3.8) is 0 Å². The lowest BCUT2D eigenvalue weighted by atomic mass is 10.0. The molecule has 0 amide bonds. The second-order valence-electron chi connectivity index (χ2n) is 24.1. The molecule has 1 unspecified atom stereocenters. The molecule has 6 heteroatoms. The molecule has 0 aliphatic carbocycles. The number of allylic oxidation sites excluding steroid dienone is 8. The molecule has 0 aliphatic heterocycles. The molecule has 0 saturated heterocycles. The predicted octanol–water partition coefficient (Wildman–Crippen LogP) is 24.5. The number of hydrogen-bond acceptors (Lipinski definition) is 6. The van der Waals surface area contributed by atoms with E-state index in [1.807, 2.05) is 0 Å². The molecule has 0 radical (unpaired) electrons. The van der Waals surface area contributed by atoms with Crippen LogP contribution in [-0.4, -0.2) is 37.2 Å². The number of unbranched alkanes of at least 4 members (excludes halogenated alkanes) is 47. The van der Waals surface area contributed by atoms with Crippen LogP contribution in [0.25, 0.3) is 0 Å². The third-order valence-corrected chi connectivity index (χ3v) is 16.1. The molecule has 0 saturated carbocycles. The lowest BCUT2D eigenvalue weighted by Crippen LogP contribution is -2.30. The zero-order valence-electron chi connectivity index (χ0n) is 53.9. The second-order valence-corrected chi connectivity index (χ2v) is 24.1. The van der Waals surface area contributed by atoms with E-state index in [1.54, 1.807) is 0 Å². The van der Waals surface area contributed by atoms with Crippen LogP contribution in [0, 0.1) is 0 Å². The average molecular weight is 1120 g/mol. The Kier molecular flexibility index (Phi) is 66.6. The van der Waals surface area contributed by atoms with Gasteiger partial charge >= 0.3 is 17.9 Å². The molecule has 0 spiro atoms. The Balaban J connectivity index is 4.21. The third-order valence-electron chi connectivity index (χ3n) is 16.1. The van der Waals surface area contributed by atoms with Crippen molar-refractivity contribution in [1.82, 2.24) is 0 Å². The highest BCUT2D eigenvalue weighted by Gasteiger charge is 2.19. The van der Waals surface area contributed by atoms with Gasteiger partial charge in [-0.3, -0.25) is 14.4 Å². The van der Waals surface area contributed by atoms with E-state index in [4.69, 9.17) is 14.2 Å². The molecule has 0 aromatic carbocycles. The highest BCUT2D eigenvalue weighted by atomic mass is 16.6. The summed E-state index contributed by atoms with van der Waals surface area (Å²) in [5.41, 5.74) is 0. The minimum Gasteiger partial charge on any atom is -0.462 e. The summed E-state index contributed by atoms with van der Waals surface area (Å²) in [5, 5.41) is 0. The lowest BCUT2D eigenvalue weighted by molar-refractivity contribution is -0.167. The number of carbonyl (C=O) groups excluding carboxylic acids is 3. The van der Waals surface area contributed by atoms with Gasteiger partial charge in [-0.15, -0.1) is 0 Å². The minimum absolute atomic E-state index is 0.0712. The summed E-state index contributed by atoms with van der Waals surface area (Å²) in [6.45, 7) is 6.67. The van der Waals surface area contributed by atoms with Gasteiger partial charge in [-0.2, -0.15) is 0 Å². The van der Waals surface area contributed by atoms with Gasteiger partial charge in [-0.05, 0) is 83.5 Å². The monoisotopic (exact) mass is 1120 g/mol. The van der Waals surface area contributed by atoms with Crippen LogP contribution in [0.15, 0.2) is 48.6 Å². The van der Waals surface area contributed by atoms with Crippen LogP contribution >= 0.6 is 0 Å². The molecule has 0 aromatic rings. The van der Waals surface area contributed by atoms with Crippen molar-refractivity contribution < 1.29 is 28.6 Å². The molecule has 0 fully saturated rings. The molecular weight excluding hydrogens is 985 g/mol. The fourth-order valence-electron chi connectivity index (χ4n) is 10.7. The molecule has 0 N–H and O–H groups in total. The maximum absolute atomic E-state index is 12.9. The van der Waals surface area contributed by atoms with E-state index in [1.165, 1.54) is 270 Å². The van der Waals surface area contributed by atoms with Crippen LogP contribution in [0.3, 0.4) is 0 Å². The summed E-state index contributed by atoms with van der Waals surface area (Å²) in [6, 6.07) is 0. The van der Waals surface area contributed by atoms with Crippen LogP contribution in [0.1, 0.15) is 387 Å². The van der Waals surface area contributed by atoms with Gasteiger partial charge in [0.05, 0.1) is 0 Å². The highest BCUT2D eigenvalue weighted by Crippen LogP contribution is 2.18. The number of carbonyl (C=O) groups is 3. The van der Waals surface area contributed by atoms with E-state index in [2.05, 4.69) is 69.4 Å². The number of rotatable bonds is 66. The van der Waals surface area contributed by atoms with Gasteiger partial charge in [-0.25, -0.2) is 0 Å². The summed E-state index contributed by atoms with van der Waals surface area (Å²) in [4.78, 5) is 38.4. The van der Waals surface area contributed by atoms with E-state index in [-0.39, 0.29) is 31.1 Å². The van der Waals surface area contributed by atoms with Crippen molar-refractivity contribution in [2.45, 2.75) is 393 Å². The largest absolute Gasteiger partial charge is 0.462 e. The van der Waals surface area contributed by atoms with Crippen molar-refractivity contribution >= 4 is 17.9 Å². The van der Waals surface area contributed by atoms with Crippen molar-refractivity contribution in [2.24, 2.45) is 0 Å². The van der Waals surface area contributed by atoms with Crippen LogP contribution in [-0.2, 0) is 28.6 Å². The highest BCUT2D eigenvalue weighted by molar-refractivity contribution is 5.71. The molecule has 80 heavy (non-hydrogen) atoms. The van der Waals surface area contributed by atoms with E-state index in [9.17, 15) is 14.4 Å². The fraction of sp³-hybridized carbons (Fsp3) is 0.851. The fourth-order valence-corrected chi connectivity index (χ4v) is 10.7. The molecule has 0 aromatic heterocycles. The van der Waals surface area contributed by atoms with Crippen LogP contribution in [0.5, 0.6) is 0 Å². The van der Waals surface area contributed by atoms with E-state index >= 15 is 0 Å². The second kappa shape index (κ2) is 68.9. The standard InChI is InChI=1S/C74H136O6/c1-4-7-10-13-16-19-22-25-27-29-31-33-34-35-36-37-38-39-40-41-43-44-46-49-52-55-58-61-64-67-73(76)79-70-71(69-78-72(75)66-63-60-57-54-51-48-24-21-18-15-12-9-6-3)80-74(77)68-65-62-59-56-53-50-47-45-42-32-30-28-26-23-20-17-14-11-8-5-2/h21-22,24-25,29,31,34-35,71H,4-20,23,26-28,30,32-33,36-70H2,1-3H3/b24-21-,25-22-,31-29-,35-34-. The Hall–Kier alpha value is -2.63. The van der Waals surface area contributed by atoms with E-state index < -0.39 is 6.10 Å². The lowest BCUT2D eigenvalue weighted by Gasteiger charge is -2.18. The van der Waals surface area contributed by atoms with E-state index in [0.717, 1.165) is 77.0 Å². The number of esters is 3. The van der Waals surface area contributed by atoms with Gasteiger partial charge in [0.2, 0.25) is 0 Å². The smallest absolute Gasteiger partial charge is 0.306 e. The van der Waals surface area contributed by atoms with Crippen molar-refractivity contribution in [3.05, 3.63) is 48.6 Å². The van der Waals surface area contributed by atoms with Gasteiger partial charge in [0.1, 0.15) is 13.2 Å². The van der Waals surface area contributed by atoms with Crippen LogP contribution < -0.4 is 0 Å². The zero-order chi connectivity index (χ0) is 57.8. The molecule has 0 aliphatic rings. The van der Waals surface area contributed by atoms with Crippen LogP contribution in [0.2, 0.25) is 0 Å².